The van der Waals surface area contributed by atoms with Crippen LogP contribution in [0.15, 0.2) is 28.4 Å². The van der Waals surface area contributed by atoms with Crippen LogP contribution < -0.4 is 10.9 Å². The highest BCUT2D eigenvalue weighted by molar-refractivity contribution is 7.10. The standard InChI is InChI=1S/C17H18N2O3S/c1-9(2)18-16(21)12-8-11-13(19-17(12)22)6-10(7-14(11)20)15-4-3-5-23-15/h3-5,8-10H,6-7H2,1-2H3,(H,18,21)(H,19,22)/t10-/m1/s1. The minimum Gasteiger partial charge on any atom is -0.350 e. The van der Waals surface area contributed by atoms with E-state index in [1.165, 1.54) is 6.07 Å². The number of amides is 1. The fraction of sp³-hybridized carbons (Fsp3) is 0.353. The number of carbonyl (C=O) groups excluding carboxylic acids is 2. The molecule has 23 heavy (non-hydrogen) atoms. The maximum absolute atomic E-state index is 12.5. The van der Waals surface area contributed by atoms with Crippen molar-refractivity contribution >= 4 is 23.0 Å². The molecule has 1 aliphatic carbocycles. The van der Waals surface area contributed by atoms with E-state index in [4.69, 9.17) is 0 Å². The second-order valence-electron chi connectivity index (χ2n) is 6.08. The molecule has 6 heteroatoms. The fourth-order valence-electron chi connectivity index (χ4n) is 2.86. The predicted octanol–water partition coefficient (Wildman–Crippen LogP) is 2.49. The number of Topliss-reactive ketones (excluding diaryl/α,β-unsaturated/α-hetero) is 1. The molecule has 2 heterocycles. The molecule has 0 unspecified atom stereocenters. The largest absolute Gasteiger partial charge is 0.350 e. The van der Waals surface area contributed by atoms with Gasteiger partial charge < -0.3 is 10.3 Å². The van der Waals surface area contributed by atoms with E-state index in [9.17, 15) is 14.4 Å². The van der Waals surface area contributed by atoms with Crippen molar-refractivity contribution in [2.75, 3.05) is 0 Å². The molecule has 1 atom stereocenters. The van der Waals surface area contributed by atoms with Crippen molar-refractivity contribution in [2.45, 2.75) is 38.6 Å². The van der Waals surface area contributed by atoms with Gasteiger partial charge in [-0.2, -0.15) is 0 Å². The van der Waals surface area contributed by atoms with Crippen LogP contribution in [-0.4, -0.2) is 22.7 Å². The minimum absolute atomic E-state index is 0.000346. The number of aromatic nitrogens is 1. The van der Waals surface area contributed by atoms with Crippen molar-refractivity contribution in [3.8, 4) is 0 Å². The summed E-state index contributed by atoms with van der Waals surface area (Å²) in [5, 5.41) is 4.67. The van der Waals surface area contributed by atoms with Gasteiger partial charge in [0.15, 0.2) is 5.78 Å². The van der Waals surface area contributed by atoms with E-state index >= 15 is 0 Å². The average Bonchev–Trinajstić information content (AvgIpc) is 2.99. The van der Waals surface area contributed by atoms with E-state index in [1.54, 1.807) is 11.3 Å². The van der Waals surface area contributed by atoms with Gasteiger partial charge in [-0.05, 0) is 37.8 Å². The first-order valence-electron chi connectivity index (χ1n) is 7.59. The van der Waals surface area contributed by atoms with Crippen molar-refractivity contribution in [2.24, 2.45) is 0 Å². The number of hydrogen-bond donors (Lipinski definition) is 2. The molecule has 2 N–H and O–H groups in total. The Morgan fingerprint density at radius 2 is 2.13 bits per heavy atom. The van der Waals surface area contributed by atoms with Crippen LogP contribution in [0.25, 0.3) is 0 Å². The number of carbonyl (C=O) groups is 2. The summed E-state index contributed by atoms with van der Waals surface area (Å²) < 4.78 is 0. The lowest BCUT2D eigenvalue weighted by Crippen LogP contribution is -2.35. The molecule has 0 aliphatic heterocycles. The van der Waals surface area contributed by atoms with Gasteiger partial charge >= 0.3 is 0 Å². The Kier molecular flexibility index (Phi) is 4.17. The molecule has 0 radical (unpaired) electrons. The highest BCUT2D eigenvalue weighted by Gasteiger charge is 2.29. The van der Waals surface area contributed by atoms with Crippen LogP contribution in [0.5, 0.6) is 0 Å². The number of fused-ring (bicyclic) bond motifs is 1. The molecule has 0 saturated heterocycles. The number of rotatable bonds is 3. The molecular weight excluding hydrogens is 312 g/mol. The molecule has 120 valence electrons. The molecular formula is C17H18N2O3S. The zero-order valence-electron chi connectivity index (χ0n) is 13.0. The van der Waals surface area contributed by atoms with Gasteiger partial charge in [-0.1, -0.05) is 6.07 Å². The number of nitrogens with one attached hydrogen (secondary N) is 2. The minimum atomic E-state index is -0.447. The van der Waals surface area contributed by atoms with E-state index in [1.807, 2.05) is 31.4 Å². The molecule has 0 bridgehead atoms. The summed E-state index contributed by atoms with van der Waals surface area (Å²) in [7, 11) is 0. The van der Waals surface area contributed by atoms with Crippen molar-refractivity contribution in [3.63, 3.8) is 0 Å². The molecule has 1 aliphatic rings. The Balaban J connectivity index is 1.96. The lowest BCUT2D eigenvalue weighted by atomic mass is 9.84. The third kappa shape index (κ3) is 3.12. The quantitative estimate of drug-likeness (QED) is 0.907. The Hall–Kier alpha value is -2.21. The van der Waals surface area contributed by atoms with E-state index in [0.717, 1.165) is 4.88 Å². The van der Waals surface area contributed by atoms with Crippen molar-refractivity contribution < 1.29 is 9.59 Å². The smallest absolute Gasteiger partial charge is 0.261 e. The van der Waals surface area contributed by atoms with Crippen LogP contribution >= 0.6 is 11.3 Å². The molecule has 5 nitrogen and oxygen atoms in total. The molecule has 0 aromatic carbocycles. The van der Waals surface area contributed by atoms with Gasteiger partial charge in [0.2, 0.25) is 0 Å². The van der Waals surface area contributed by atoms with Crippen molar-refractivity contribution in [1.82, 2.24) is 10.3 Å². The summed E-state index contributed by atoms with van der Waals surface area (Å²) in [4.78, 5) is 40.6. The number of hydrogen-bond acceptors (Lipinski definition) is 4. The maximum Gasteiger partial charge on any atom is 0.261 e. The van der Waals surface area contributed by atoms with Crippen LogP contribution in [0.3, 0.4) is 0 Å². The number of aromatic amines is 1. The number of pyridine rings is 1. The normalized spacial score (nSPS) is 17.2. The van der Waals surface area contributed by atoms with Gasteiger partial charge in [-0.15, -0.1) is 11.3 Å². The van der Waals surface area contributed by atoms with Crippen LogP contribution in [-0.2, 0) is 6.42 Å². The van der Waals surface area contributed by atoms with Gasteiger partial charge in [-0.25, -0.2) is 0 Å². The summed E-state index contributed by atoms with van der Waals surface area (Å²) in [5.74, 6) is -0.377. The molecule has 0 spiro atoms. The van der Waals surface area contributed by atoms with Gasteiger partial charge in [0.1, 0.15) is 5.56 Å². The van der Waals surface area contributed by atoms with Gasteiger partial charge in [-0.3, -0.25) is 14.4 Å². The van der Waals surface area contributed by atoms with Crippen LogP contribution in [0.2, 0.25) is 0 Å². The van der Waals surface area contributed by atoms with E-state index < -0.39 is 11.5 Å². The zero-order valence-corrected chi connectivity index (χ0v) is 13.8. The summed E-state index contributed by atoms with van der Waals surface area (Å²) in [5.41, 5.74) is 0.652. The van der Waals surface area contributed by atoms with E-state index in [-0.39, 0.29) is 23.3 Å². The maximum atomic E-state index is 12.5. The summed E-state index contributed by atoms with van der Waals surface area (Å²) in [6, 6.07) is 5.34. The second-order valence-corrected chi connectivity index (χ2v) is 7.06. The van der Waals surface area contributed by atoms with Crippen LogP contribution in [0, 0.1) is 0 Å². The van der Waals surface area contributed by atoms with Gasteiger partial charge in [0.05, 0.1) is 0 Å². The Morgan fingerprint density at radius 1 is 1.35 bits per heavy atom. The van der Waals surface area contributed by atoms with Crippen molar-refractivity contribution in [1.29, 1.82) is 0 Å². The van der Waals surface area contributed by atoms with Gasteiger partial charge in [0.25, 0.3) is 11.5 Å². The highest BCUT2D eigenvalue weighted by atomic mass is 32.1. The fourth-order valence-corrected chi connectivity index (χ4v) is 3.69. The molecule has 1 amide bonds. The third-order valence-corrected chi connectivity index (χ3v) is 4.95. The summed E-state index contributed by atoms with van der Waals surface area (Å²) in [6.07, 6.45) is 1.02. The topological polar surface area (TPSA) is 79.0 Å². The molecule has 0 saturated carbocycles. The monoisotopic (exact) mass is 330 g/mol. The molecule has 2 aromatic rings. The first kappa shape index (κ1) is 15.7. The zero-order chi connectivity index (χ0) is 16.6. The van der Waals surface area contributed by atoms with E-state index in [0.29, 0.717) is 24.1 Å². The highest BCUT2D eigenvalue weighted by Crippen LogP contribution is 2.33. The third-order valence-electron chi connectivity index (χ3n) is 3.92. The van der Waals surface area contributed by atoms with E-state index in [2.05, 4.69) is 10.3 Å². The van der Waals surface area contributed by atoms with Crippen LogP contribution in [0.4, 0.5) is 0 Å². The number of thiophene rings is 1. The Labute approximate surface area is 137 Å². The lowest BCUT2D eigenvalue weighted by Gasteiger charge is -2.22. The predicted molar refractivity (Wildman–Crippen MR) is 89.4 cm³/mol. The first-order chi connectivity index (χ1) is 11.0. The summed E-state index contributed by atoms with van der Waals surface area (Å²) in [6.45, 7) is 3.64. The average molecular weight is 330 g/mol. The number of ketones is 1. The van der Waals surface area contributed by atoms with Crippen LogP contribution in [0.1, 0.15) is 57.5 Å². The molecule has 3 rings (SSSR count). The van der Waals surface area contributed by atoms with Crippen molar-refractivity contribution in [3.05, 3.63) is 55.6 Å². The summed E-state index contributed by atoms with van der Waals surface area (Å²) >= 11 is 1.62. The molecule has 0 fully saturated rings. The second kappa shape index (κ2) is 6.12. The SMILES string of the molecule is CC(C)NC(=O)c1cc2c([nH]c1=O)C[C@@H](c1cccs1)CC2=O. The van der Waals surface area contributed by atoms with Gasteiger partial charge in [0, 0.05) is 34.5 Å². The Bertz CT molecular complexity index is 806. The lowest BCUT2D eigenvalue weighted by molar-refractivity contribution is 0.0941. The number of H-pyrrole nitrogens is 1. The molecule has 2 aromatic heterocycles. The first-order valence-corrected chi connectivity index (χ1v) is 8.47. The Morgan fingerprint density at radius 3 is 2.78 bits per heavy atom.